The molecule has 0 saturated heterocycles. The van der Waals surface area contributed by atoms with Crippen LogP contribution >= 0.6 is 0 Å². The molecular weight excluding hydrogens is 356 g/mol. The number of allylic oxidation sites excluding steroid dienone is 4. The highest BCUT2D eigenvalue weighted by atomic mass is 15.1. The molecule has 2 aliphatic heterocycles. The van der Waals surface area contributed by atoms with E-state index >= 15 is 0 Å². The van der Waals surface area contributed by atoms with Crippen LogP contribution in [0.25, 0.3) is 0 Å². The van der Waals surface area contributed by atoms with Gasteiger partial charge in [-0.15, -0.1) is 0 Å². The Bertz CT molecular complexity index is 1140. The monoisotopic (exact) mass is 376 g/mol. The molecule has 29 heavy (non-hydrogen) atoms. The van der Waals surface area contributed by atoms with Gasteiger partial charge in [-0.1, -0.05) is 24.3 Å². The number of anilines is 2. The zero-order chi connectivity index (χ0) is 20.2. The molecule has 1 unspecified atom stereocenters. The molecule has 2 aromatic rings. The zero-order valence-corrected chi connectivity index (χ0v) is 16.2. The Balaban J connectivity index is 1.49. The summed E-state index contributed by atoms with van der Waals surface area (Å²) >= 11 is 0. The highest BCUT2D eigenvalue weighted by molar-refractivity contribution is 5.62. The molecule has 0 fully saturated rings. The van der Waals surface area contributed by atoms with Gasteiger partial charge in [-0.2, -0.15) is 10.5 Å². The molecule has 2 aliphatic rings. The van der Waals surface area contributed by atoms with Crippen molar-refractivity contribution in [1.82, 2.24) is 0 Å². The molecule has 140 valence electrons. The Kier molecular flexibility index (Phi) is 5.01. The van der Waals surface area contributed by atoms with Crippen LogP contribution in [0, 0.1) is 22.7 Å². The highest BCUT2D eigenvalue weighted by Gasteiger charge is 2.17. The molecule has 4 rings (SSSR count). The van der Waals surface area contributed by atoms with E-state index in [-0.39, 0.29) is 6.04 Å². The van der Waals surface area contributed by atoms with Crippen molar-refractivity contribution >= 4 is 11.4 Å². The van der Waals surface area contributed by atoms with Crippen molar-refractivity contribution in [3.8, 4) is 12.1 Å². The number of benzene rings is 2. The molecule has 4 nitrogen and oxygen atoms in total. The van der Waals surface area contributed by atoms with Crippen molar-refractivity contribution < 1.29 is 0 Å². The zero-order valence-electron chi connectivity index (χ0n) is 16.2. The SMILES string of the molecule is CC1C=C(C2=CCN(c3cccc(C#N)c3)C=C2)C=CN1c1cccc(C#N)c1. The van der Waals surface area contributed by atoms with E-state index in [2.05, 4.69) is 65.6 Å². The third-order valence-corrected chi connectivity index (χ3v) is 5.13. The smallest absolute Gasteiger partial charge is 0.0992 e. The lowest BCUT2D eigenvalue weighted by atomic mass is 9.98. The van der Waals surface area contributed by atoms with E-state index < -0.39 is 0 Å². The van der Waals surface area contributed by atoms with E-state index in [1.54, 1.807) is 0 Å². The molecule has 2 heterocycles. The van der Waals surface area contributed by atoms with E-state index in [1.165, 1.54) is 11.1 Å². The minimum absolute atomic E-state index is 0.184. The first-order valence-corrected chi connectivity index (χ1v) is 9.52. The van der Waals surface area contributed by atoms with Crippen LogP contribution in [-0.4, -0.2) is 12.6 Å². The molecular formula is C25H20N4. The fourth-order valence-electron chi connectivity index (χ4n) is 3.60. The van der Waals surface area contributed by atoms with Gasteiger partial charge in [-0.25, -0.2) is 0 Å². The minimum atomic E-state index is 0.184. The van der Waals surface area contributed by atoms with E-state index in [0.29, 0.717) is 11.1 Å². The quantitative estimate of drug-likeness (QED) is 0.753. The third-order valence-electron chi connectivity index (χ3n) is 5.13. The lowest BCUT2D eigenvalue weighted by molar-refractivity contribution is 0.840. The average molecular weight is 376 g/mol. The van der Waals surface area contributed by atoms with Gasteiger partial charge < -0.3 is 9.80 Å². The van der Waals surface area contributed by atoms with Crippen LogP contribution in [-0.2, 0) is 0 Å². The van der Waals surface area contributed by atoms with Gasteiger partial charge in [-0.05, 0) is 66.6 Å². The topological polar surface area (TPSA) is 54.1 Å². The average Bonchev–Trinajstić information content (AvgIpc) is 2.79. The Morgan fingerprint density at radius 3 is 2.14 bits per heavy atom. The molecule has 0 bridgehead atoms. The van der Waals surface area contributed by atoms with Crippen molar-refractivity contribution in [2.45, 2.75) is 13.0 Å². The lowest BCUT2D eigenvalue weighted by Gasteiger charge is -2.30. The lowest BCUT2D eigenvalue weighted by Crippen LogP contribution is -2.29. The fourth-order valence-corrected chi connectivity index (χ4v) is 3.60. The summed E-state index contributed by atoms with van der Waals surface area (Å²) in [5, 5.41) is 18.2. The molecule has 4 heteroatoms. The van der Waals surface area contributed by atoms with E-state index in [9.17, 15) is 0 Å². The summed E-state index contributed by atoms with van der Waals surface area (Å²) in [4.78, 5) is 4.29. The van der Waals surface area contributed by atoms with Crippen LogP contribution < -0.4 is 9.80 Å². The standard InChI is InChI=1S/C25H20N4/c1-19-14-23(10-13-29(19)25-7-3-5-21(16-25)18-27)22-8-11-28(12-9-22)24-6-2-4-20(15-24)17-26/h2-11,13-16,19H,12H2,1H3. The van der Waals surface area contributed by atoms with Crippen LogP contribution in [0.3, 0.4) is 0 Å². The highest BCUT2D eigenvalue weighted by Crippen LogP contribution is 2.28. The first-order valence-electron chi connectivity index (χ1n) is 9.52. The van der Waals surface area contributed by atoms with Gasteiger partial charge in [0.2, 0.25) is 0 Å². The predicted molar refractivity (Wildman–Crippen MR) is 116 cm³/mol. The molecule has 0 radical (unpaired) electrons. The number of rotatable bonds is 3. The normalized spacial score (nSPS) is 18.0. The summed E-state index contributed by atoms with van der Waals surface area (Å²) in [6.07, 6.45) is 12.8. The van der Waals surface area contributed by atoms with E-state index in [1.807, 2.05) is 48.5 Å². The van der Waals surface area contributed by atoms with Crippen LogP contribution in [0.15, 0.2) is 96.4 Å². The predicted octanol–water partition coefficient (Wildman–Crippen LogP) is 5.04. The molecule has 0 aliphatic carbocycles. The maximum atomic E-state index is 9.14. The Labute approximate surface area is 171 Å². The number of hydrogen-bond donors (Lipinski definition) is 0. The molecule has 0 spiro atoms. The van der Waals surface area contributed by atoms with Gasteiger partial charge in [0.05, 0.1) is 23.3 Å². The Morgan fingerprint density at radius 2 is 1.52 bits per heavy atom. The number of nitriles is 2. The Morgan fingerprint density at radius 1 is 0.862 bits per heavy atom. The Hall–Kier alpha value is -4.02. The largest absolute Gasteiger partial charge is 0.344 e. The van der Waals surface area contributed by atoms with Crippen LogP contribution in [0.4, 0.5) is 11.4 Å². The first-order chi connectivity index (χ1) is 14.2. The maximum Gasteiger partial charge on any atom is 0.0992 e. The van der Waals surface area contributed by atoms with Gasteiger partial charge in [0.1, 0.15) is 0 Å². The van der Waals surface area contributed by atoms with Crippen molar-refractivity contribution in [2.75, 3.05) is 16.3 Å². The van der Waals surface area contributed by atoms with E-state index in [4.69, 9.17) is 10.5 Å². The van der Waals surface area contributed by atoms with Gasteiger partial charge in [0.15, 0.2) is 0 Å². The van der Waals surface area contributed by atoms with Crippen molar-refractivity contribution in [3.63, 3.8) is 0 Å². The summed E-state index contributed by atoms with van der Waals surface area (Å²) in [5.41, 5.74) is 5.73. The van der Waals surface area contributed by atoms with Crippen LogP contribution in [0.1, 0.15) is 18.1 Å². The van der Waals surface area contributed by atoms with Crippen molar-refractivity contribution in [2.24, 2.45) is 0 Å². The summed E-state index contributed by atoms with van der Waals surface area (Å²) in [5.74, 6) is 0. The number of nitrogens with zero attached hydrogens (tertiary/aromatic N) is 4. The summed E-state index contributed by atoms with van der Waals surface area (Å²) in [6, 6.07) is 19.9. The van der Waals surface area contributed by atoms with Crippen LogP contribution in [0.5, 0.6) is 0 Å². The molecule has 0 saturated carbocycles. The van der Waals surface area contributed by atoms with Gasteiger partial charge in [-0.3, -0.25) is 0 Å². The maximum absolute atomic E-state index is 9.14. The van der Waals surface area contributed by atoms with Crippen molar-refractivity contribution in [1.29, 1.82) is 10.5 Å². The van der Waals surface area contributed by atoms with Gasteiger partial charge in [0, 0.05) is 36.4 Å². The van der Waals surface area contributed by atoms with Gasteiger partial charge in [0.25, 0.3) is 0 Å². The minimum Gasteiger partial charge on any atom is -0.344 e. The molecule has 2 aromatic carbocycles. The number of hydrogen-bond acceptors (Lipinski definition) is 4. The summed E-state index contributed by atoms with van der Waals surface area (Å²) in [6.45, 7) is 2.91. The second-order valence-corrected chi connectivity index (χ2v) is 7.04. The van der Waals surface area contributed by atoms with Gasteiger partial charge >= 0.3 is 0 Å². The van der Waals surface area contributed by atoms with Crippen LogP contribution in [0.2, 0.25) is 0 Å². The molecule has 0 aromatic heterocycles. The fraction of sp³-hybridized carbons (Fsp3) is 0.120. The summed E-state index contributed by atoms with van der Waals surface area (Å²) in [7, 11) is 0. The van der Waals surface area contributed by atoms with E-state index in [0.717, 1.165) is 17.9 Å². The second-order valence-electron chi connectivity index (χ2n) is 7.04. The first kappa shape index (κ1) is 18.3. The third kappa shape index (κ3) is 3.83. The molecule has 0 amide bonds. The van der Waals surface area contributed by atoms with Crippen molar-refractivity contribution in [3.05, 3.63) is 108 Å². The molecule has 1 atom stereocenters. The molecule has 0 N–H and O–H groups in total. The summed E-state index contributed by atoms with van der Waals surface area (Å²) < 4.78 is 0. The second kappa shape index (κ2) is 7.92.